The van der Waals surface area contributed by atoms with E-state index in [0.717, 1.165) is 5.92 Å². The molecule has 3 fully saturated rings. The molecule has 0 radical (unpaired) electrons. The molecule has 21 heavy (non-hydrogen) atoms. The van der Waals surface area contributed by atoms with E-state index >= 15 is 0 Å². The fourth-order valence-corrected chi connectivity index (χ4v) is 5.65. The molecule has 0 N–H and O–H groups in total. The predicted molar refractivity (Wildman–Crippen MR) is 86.2 cm³/mol. The van der Waals surface area contributed by atoms with Crippen LogP contribution in [-0.2, 0) is 5.41 Å². The molecule has 0 unspecified atom stereocenters. The molecule has 108 valence electrons. The Balaban J connectivity index is 1.74. The lowest BCUT2D eigenvalue weighted by Gasteiger charge is -2.51. The van der Waals surface area contributed by atoms with Crippen LogP contribution in [0.25, 0.3) is 0 Å². The van der Waals surface area contributed by atoms with Gasteiger partial charge in [0.25, 0.3) is 0 Å². The van der Waals surface area contributed by atoms with E-state index in [0.29, 0.717) is 12.0 Å². The summed E-state index contributed by atoms with van der Waals surface area (Å²) >= 11 is 0. The van der Waals surface area contributed by atoms with Crippen LogP contribution in [0.1, 0.15) is 31.7 Å². The lowest BCUT2D eigenvalue weighted by atomic mass is 9.58. The first kappa shape index (κ1) is 12.2. The van der Waals surface area contributed by atoms with Crippen LogP contribution in [0.3, 0.4) is 0 Å². The summed E-state index contributed by atoms with van der Waals surface area (Å²) in [7, 11) is 0. The average Bonchev–Trinajstić information content (AvgIpc) is 3.07. The van der Waals surface area contributed by atoms with Crippen molar-refractivity contribution in [3.63, 3.8) is 0 Å². The molecule has 4 aliphatic rings. The van der Waals surface area contributed by atoms with Crippen molar-refractivity contribution >= 4 is 11.4 Å². The van der Waals surface area contributed by atoms with Gasteiger partial charge in [-0.1, -0.05) is 38.1 Å². The number of hydrogen-bond acceptors (Lipinski definition) is 2. The quantitative estimate of drug-likeness (QED) is 0.765. The minimum absolute atomic E-state index is 0.170. The summed E-state index contributed by atoms with van der Waals surface area (Å²) in [5.41, 5.74) is 5.54. The molecule has 0 aromatic heterocycles. The smallest absolute Gasteiger partial charge is 0.0675 e. The molecule has 1 spiro atoms. The number of hydrogen-bond donors (Lipinski definition) is 0. The fourth-order valence-electron chi connectivity index (χ4n) is 5.65. The van der Waals surface area contributed by atoms with E-state index in [1.165, 1.54) is 54.9 Å². The Morgan fingerprint density at radius 3 is 3.10 bits per heavy atom. The van der Waals surface area contributed by atoms with Crippen molar-refractivity contribution < 1.29 is 0 Å². The molecule has 0 amide bonds. The number of piperidine rings is 1. The van der Waals surface area contributed by atoms with Gasteiger partial charge < -0.3 is 0 Å². The van der Waals surface area contributed by atoms with Crippen LogP contribution < -0.4 is 0 Å². The second-order valence-corrected chi connectivity index (χ2v) is 7.25. The minimum atomic E-state index is 0.170. The molecule has 3 aliphatic heterocycles. The third-order valence-corrected chi connectivity index (χ3v) is 6.63. The molecular weight excluding hydrogens is 256 g/mol. The summed E-state index contributed by atoms with van der Waals surface area (Å²) in [5, 5.41) is 0. The predicted octanol–water partition coefficient (Wildman–Crippen LogP) is 3.70. The maximum Gasteiger partial charge on any atom is 0.0675 e. The Labute approximate surface area is 126 Å². The van der Waals surface area contributed by atoms with Crippen LogP contribution in [0.5, 0.6) is 0 Å². The number of benzene rings is 1. The highest BCUT2D eigenvalue weighted by atomic mass is 15.2. The van der Waals surface area contributed by atoms with E-state index in [1.54, 1.807) is 0 Å². The first-order valence-corrected chi connectivity index (χ1v) is 8.37. The highest BCUT2D eigenvalue weighted by molar-refractivity contribution is 6.14. The van der Waals surface area contributed by atoms with Gasteiger partial charge in [-0.05, 0) is 48.4 Å². The molecule has 1 aromatic carbocycles. The van der Waals surface area contributed by atoms with Gasteiger partial charge in [-0.2, -0.15) is 0 Å². The van der Waals surface area contributed by atoms with Crippen molar-refractivity contribution in [2.45, 2.75) is 37.6 Å². The van der Waals surface area contributed by atoms with Crippen LogP contribution in [0.4, 0.5) is 5.69 Å². The minimum Gasteiger partial charge on any atom is -0.299 e. The summed E-state index contributed by atoms with van der Waals surface area (Å²) < 4.78 is 0. The molecule has 5 rings (SSSR count). The van der Waals surface area contributed by atoms with E-state index < -0.39 is 0 Å². The number of allylic oxidation sites excluding steroid dienone is 1. The van der Waals surface area contributed by atoms with E-state index in [1.807, 2.05) is 0 Å². The Hall–Kier alpha value is -1.41. The number of rotatable bonds is 1. The normalized spacial score (nSPS) is 40.0. The van der Waals surface area contributed by atoms with Crippen molar-refractivity contribution in [3.05, 3.63) is 42.0 Å². The lowest BCUT2D eigenvalue weighted by Crippen LogP contribution is -2.58. The second kappa shape index (κ2) is 3.86. The Morgan fingerprint density at radius 1 is 1.38 bits per heavy atom. The van der Waals surface area contributed by atoms with Crippen LogP contribution in [0, 0.1) is 11.8 Å². The van der Waals surface area contributed by atoms with Gasteiger partial charge in [-0.15, -0.1) is 0 Å². The highest BCUT2D eigenvalue weighted by Crippen LogP contribution is 2.59. The Kier molecular flexibility index (Phi) is 2.24. The molecule has 3 heterocycles. The van der Waals surface area contributed by atoms with Crippen molar-refractivity contribution in [2.24, 2.45) is 16.8 Å². The number of para-hydroxylation sites is 1. The molecule has 1 aliphatic carbocycles. The average molecular weight is 278 g/mol. The molecule has 2 nitrogen and oxygen atoms in total. The van der Waals surface area contributed by atoms with E-state index in [4.69, 9.17) is 4.99 Å². The van der Waals surface area contributed by atoms with Crippen LogP contribution in [0.2, 0.25) is 0 Å². The van der Waals surface area contributed by atoms with Gasteiger partial charge in [0.15, 0.2) is 0 Å². The SMILES string of the molecule is C=C1C2=Nc3ccccc3[C@@]23CCN2C[C@@H](CC)[C@@H]1C[C@H]23. The van der Waals surface area contributed by atoms with Gasteiger partial charge in [-0.3, -0.25) is 9.89 Å². The molecule has 2 heteroatoms. The lowest BCUT2D eigenvalue weighted by molar-refractivity contribution is 0.0858. The monoisotopic (exact) mass is 278 g/mol. The third-order valence-electron chi connectivity index (χ3n) is 6.63. The van der Waals surface area contributed by atoms with Crippen molar-refractivity contribution in [1.29, 1.82) is 0 Å². The van der Waals surface area contributed by atoms with Crippen LogP contribution in [-0.4, -0.2) is 29.7 Å². The molecule has 2 saturated heterocycles. The largest absolute Gasteiger partial charge is 0.299 e. The fraction of sp³-hybridized carbons (Fsp3) is 0.526. The number of fused-ring (bicyclic) bond motifs is 2. The zero-order chi connectivity index (χ0) is 14.2. The molecular formula is C19H22N2. The van der Waals surface area contributed by atoms with Crippen LogP contribution in [0.15, 0.2) is 41.4 Å². The molecule has 1 saturated carbocycles. The third kappa shape index (κ3) is 1.27. The van der Waals surface area contributed by atoms with Crippen molar-refractivity contribution in [1.82, 2.24) is 4.90 Å². The molecule has 2 bridgehead atoms. The maximum absolute atomic E-state index is 5.07. The number of nitrogens with zero attached hydrogens (tertiary/aromatic N) is 2. The van der Waals surface area contributed by atoms with Crippen molar-refractivity contribution in [2.75, 3.05) is 13.1 Å². The second-order valence-electron chi connectivity index (χ2n) is 7.25. The Morgan fingerprint density at radius 2 is 2.24 bits per heavy atom. The van der Waals surface area contributed by atoms with E-state index in [-0.39, 0.29) is 5.41 Å². The van der Waals surface area contributed by atoms with Gasteiger partial charge in [0.05, 0.1) is 16.8 Å². The molecule has 4 atom stereocenters. The standard InChI is InChI=1S/C19H22N2/c1-3-13-11-21-9-8-19-15-6-4-5-7-16(15)20-18(19)12(2)14(13)10-17(19)21/h4-7,13-14,17H,2-3,8-11H2,1H3/t13-,14-,17+,19-/m1/s1. The summed E-state index contributed by atoms with van der Waals surface area (Å²) in [5.74, 6) is 1.44. The van der Waals surface area contributed by atoms with E-state index in [9.17, 15) is 0 Å². The van der Waals surface area contributed by atoms with Gasteiger partial charge in [0, 0.05) is 12.6 Å². The first-order valence-electron chi connectivity index (χ1n) is 8.37. The zero-order valence-electron chi connectivity index (χ0n) is 12.7. The summed E-state index contributed by atoms with van der Waals surface area (Å²) in [6.45, 7) is 9.35. The zero-order valence-corrected chi connectivity index (χ0v) is 12.7. The summed E-state index contributed by atoms with van der Waals surface area (Å²) in [6.07, 6.45) is 3.79. The summed E-state index contributed by atoms with van der Waals surface area (Å²) in [4.78, 5) is 7.82. The van der Waals surface area contributed by atoms with Crippen molar-refractivity contribution in [3.8, 4) is 0 Å². The summed E-state index contributed by atoms with van der Waals surface area (Å²) in [6, 6.07) is 9.47. The van der Waals surface area contributed by atoms with Gasteiger partial charge in [-0.25, -0.2) is 0 Å². The van der Waals surface area contributed by atoms with Crippen LogP contribution >= 0.6 is 0 Å². The maximum atomic E-state index is 5.07. The van der Waals surface area contributed by atoms with E-state index in [2.05, 4.69) is 42.7 Å². The number of aliphatic imine (C=N–C) groups is 1. The van der Waals surface area contributed by atoms with Gasteiger partial charge in [0.2, 0.25) is 0 Å². The highest BCUT2D eigenvalue weighted by Gasteiger charge is 2.61. The topological polar surface area (TPSA) is 15.6 Å². The Bertz CT molecular complexity index is 674. The molecule has 1 aromatic rings. The first-order chi connectivity index (χ1) is 10.3. The van der Waals surface area contributed by atoms with Gasteiger partial charge in [0.1, 0.15) is 0 Å². The van der Waals surface area contributed by atoms with Gasteiger partial charge >= 0.3 is 0 Å².